The summed E-state index contributed by atoms with van der Waals surface area (Å²) in [4.78, 5) is 9.05. The Hall–Kier alpha value is -2.01. The first-order chi connectivity index (χ1) is 19.4. The molecule has 0 saturated carbocycles. The molecular weight excluding hydrogens is 565 g/mol. The average molecular weight is 611 g/mol. The zero-order chi connectivity index (χ0) is 30.2. The Labute approximate surface area is 293 Å². The third-order valence-corrected chi connectivity index (χ3v) is 5.50. The molecule has 0 amide bonds. The molecule has 0 aromatic heterocycles. The van der Waals surface area contributed by atoms with Crippen LogP contribution in [0.2, 0.25) is 0 Å². The fraction of sp³-hybridized carbons (Fsp3) is 0.344. The Morgan fingerprint density at radius 1 is 1.07 bits per heavy atom. The standard InChI is InChI=1S/C14H13F.C9H12FN.C5H11NO2.C2H5NO.C2H2.K.H2N/c1-11-2-4-12(5-3-11)10-13-6-8-14(15)9-7-13;1-3-7-8(10)5-4-6-9(7)11-2;7-3-5-4-8-2-1-6-5;3-1-2-4;1-2;;/h2-9H,10H2,1H3;4-6,11H,3H2,1-2H3;5-7H,1-4H2;2H,1,3H2;1-2H;;1H2/q;;;;;+1;-1/t;;5-;;;;/m..1..../s1. The molecule has 1 atom stereocenters. The topological polar surface area (TPSA) is 130 Å². The van der Waals surface area contributed by atoms with Crippen molar-refractivity contribution in [3.05, 3.63) is 107 Å². The zero-order valence-corrected chi connectivity index (χ0v) is 28.4. The Bertz CT molecular complexity index is 1040. The van der Waals surface area contributed by atoms with E-state index in [2.05, 4.69) is 60.4 Å². The van der Waals surface area contributed by atoms with E-state index < -0.39 is 0 Å². The number of carbonyl (C=O) groups excluding carboxylic acids is 1. The largest absolute Gasteiger partial charge is 1.00 e. The van der Waals surface area contributed by atoms with E-state index in [9.17, 15) is 8.78 Å². The van der Waals surface area contributed by atoms with Crippen LogP contribution in [0.4, 0.5) is 14.5 Å². The second-order valence-corrected chi connectivity index (χ2v) is 8.47. The van der Waals surface area contributed by atoms with Crippen LogP contribution in [0.1, 0.15) is 29.2 Å². The van der Waals surface area contributed by atoms with Gasteiger partial charge in [0.1, 0.15) is 17.9 Å². The van der Waals surface area contributed by atoms with Gasteiger partial charge in [-0.3, -0.25) is 0 Å². The third kappa shape index (κ3) is 20.0. The van der Waals surface area contributed by atoms with Crippen molar-refractivity contribution < 1.29 is 74.8 Å². The first kappa shape index (κ1) is 44.4. The van der Waals surface area contributed by atoms with Crippen LogP contribution in [0, 0.1) is 31.4 Å². The minimum absolute atomic E-state index is 0. The summed E-state index contributed by atoms with van der Waals surface area (Å²) in [6.07, 6.45) is 10.2. The predicted molar refractivity (Wildman–Crippen MR) is 166 cm³/mol. The molecule has 4 rings (SSSR count). The molecule has 1 heterocycles. The summed E-state index contributed by atoms with van der Waals surface area (Å²) >= 11 is 0. The number of nitrogens with one attached hydrogen (secondary N) is 2. The number of aryl methyl sites for hydroxylation is 1. The smallest absolute Gasteiger partial charge is 0.693 e. The number of morpholine rings is 1. The van der Waals surface area contributed by atoms with Crippen LogP contribution in [0.5, 0.6) is 0 Å². The van der Waals surface area contributed by atoms with Crippen LogP contribution in [-0.2, 0) is 22.4 Å². The number of aliphatic hydroxyl groups excluding tert-OH is 1. The molecule has 3 aromatic carbocycles. The predicted octanol–water partition coefficient (Wildman–Crippen LogP) is 2.24. The summed E-state index contributed by atoms with van der Waals surface area (Å²) in [5.41, 5.74) is 9.96. The van der Waals surface area contributed by atoms with Gasteiger partial charge in [-0.1, -0.05) is 55.0 Å². The van der Waals surface area contributed by atoms with Crippen molar-refractivity contribution >= 4 is 12.0 Å². The maximum absolute atomic E-state index is 13.0. The molecule has 0 bridgehead atoms. The van der Waals surface area contributed by atoms with Gasteiger partial charge in [0, 0.05) is 31.4 Å². The summed E-state index contributed by atoms with van der Waals surface area (Å²) in [7, 11) is 1.80. The number of benzene rings is 3. The molecule has 0 radical (unpaired) electrons. The van der Waals surface area contributed by atoms with Gasteiger partial charge >= 0.3 is 51.4 Å². The number of carbonyl (C=O) groups is 1. The molecule has 0 aliphatic carbocycles. The number of aldehydes is 1. The number of hydrogen-bond acceptors (Lipinski definition) is 6. The molecule has 1 saturated heterocycles. The molecule has 226 valence electrons. The van der Waals surface area contributed by atoms with Crippen molar-refractivity contribution in [2.45, 2.75) is 32.7 Å². The summed E-state index contributed by atoms with van der Waals surface area (Å²) in [5.74, 6) is -0.304. The van der Waals surface area contributed by atoms with Gasteiger partial charge in [-0.15, -0.1) is 12.8 Å². The van der Waals surface area contributed by atoms with E-state index in [1.54, 1.807) is 13.1 Å². The van der Waals surface area contributed by atoms with Crippen LogP contribution >= 0.6 is 0 Å². The van der Waals surface area contributed by atoms with Gasteiger partial charge in [0.05, 0.1) is 25.9 Å². The van der Waals surface area contributed by atoms with Crippen LogP contribution in [0.25, 0.3) is 6.15 Å². The monoisotopic (exact) mass is 610 g/mol. The maximum atomic E-state index is 13.0. The average Bonchev–Trinajstić information content (AvgIpc) is 3.01. The van der Waals surface area contributed by atoms with Crippen molar-refractivity contribution in [1.82, 2.24) is 5.32 Å². The molecule has 1 fully saturated rings. The van der Waals surface area contributed by atoms with Crippen LogP contribution in [0.15, 0.2) is 66.7 Å². The van der Waals surface area contributed by atoms with E-state index in [1.165, 1.54) is 29.3 Å². The molecular formula is C32H45F2KN4O3. The normalized spacial score (nSPS) is 12.6. The van der Waals surface area contributed by atoms with Crippen molar-refractivity contribution in [3.8, 4) is 12.8 Å². The zero-order valence-electron chi connectivity index (χ0n) is 25.3. The Morgan fingerprint density at radius 2 is 1.62 bits per heavy atom. The van der Waals surface area contributed by atoms with E-state index in [-0.39, 0.29) is 88.4 Å². The molecule has 0 unspecified atom stereocenters. The summed E-state index contributed by atoms with van der Waals surface area (Å²) < 4.78 is 30.7. The van der Waals surface area contributed by atoms with Gasteiger partial charge in [-0.05, 0) is 55.2 Å². The van der Waals surface area contributed by atoms with E-state index in [1.807, 2.05) is 25.1 Å². The molecule has 1 aliphatic rings. The second-order valence-electron chi connectivity index (χ2n) is 8.47. The molecule has 7 nitrogen and oxygen atoms in total. The first-order valence-corrected chi connectivity index (χ1v) is 13.0. The van der Waals surface area contributed by atoms with Crippen LogP contribution in [-0.4, -0.2) is 57.4 Å². The summed E-state index contributed by atoms with van der Waals surface area (Å²) in [6.45, 7) is 6.62. The maximum Gasteiger partial charge on any atom is 1.00 e. The van der Waals surface area contributed by atoms with Gasteiger partial charge in [-0.25, -0.2) is 8.78 Å². The molecule has 7 N–H and O–H groups in total. The van der Waals surface area contributed by atoms with E-state index in [4.69, 9.17) is 14.6 Å². The number of halogens is 2. The second kappa shape index (κ2) is 29.1. The SMILES string of the molecule is C#C.CCc1c(F)cccc1NC.Cc1ccc(Cc2ccc(F)cc2)cc1.NCC=O.OC[C@@H]1COCCN1.[K+].[NH2-]. The Morgan fingerprint density at radius 3 is 2.00 bits per heavy atom. The number of aliphatic hydroxyl groups is 1. The molecule has 0 spiro atoms. The minimum atomic E-state index is -0.178. The van der Waals surface area contributed by atoms with Crippen LogP contribution in [0.3, 0.4) is 0 Å². The quantitative estimate of drug-likeness (QED) is 0.193. The molecule has 42 heavy (non-hydrogen) atoms. The number of hydrogen-bond donors (Lipinski definition) is 4. The van der Waals surface area contributed by atoms with Crippen molar-refractivity contribution in [2.75, 3.05) is 45.3 Å². The number of terminal acetylenes is 1. The van der Waals surface area contributed by atoms with Crippen molar-refractivity contribution in [1.29, 1.82) is 0 Å². The number of ether oxygens (including phenoxy) is 1. The van der Waals surface area contributed by atoms with E-state index in [0.29, 0.717) is 12.9 Å². The Kier molecular flexibility index (Phi) is 30.8. The van der Waals surface area contributed by atoms with Crippen LogP contribution < -0.4 is 67.8 Å². The van der Waals surface area contributed by atoms with E-state index >= 15 is 0 Å². The fourth-order valence-corrected chi connectivity index (χ4v) is 3.43. The minimum Gasteiger partial charge on any atom is -0.693 e. The molecule has 3 aromatic rings. The summed E-state index contributed by atoms with van der Waals surface area (Å²) in [6, 6.07) is 20.3. The number of nitrogens with two attached hydrogens (primary N) is 2. The fourth-order valence-electron chi connectivity index (χ4n) is 3.43. The molecule has 10 heteroatoms. The van der Waals surface area contributed by atoms with Crippen molar-refractivity contribution in [3.63, 3.8) is 0 Å². The van der Waals surface area contributed by atoms with Gasteiger partial charge in [0.2, 0.25) is 0 Å². The van der Waals surface area contributed by atoms with Gasteiger partial charge in [-0.2, -0.15) is 0 Å². The van der Waals surface area contributed by atoms with Gasteiger partial charge in [0.15, 0.2) is 0 Å². The van der Waals surface area contributed by atoms with Crippen molar-refractivity contribution in [2.24, 2.45) is 5.73 Å². The van der Waals surface area contributed by atoms with E-state index in [0.717, 1.165) is 42.8 Å². The summed E-state index contributed by atoms with van der Waals surface area (Å²) in [5, 5.41) is 14.6. The number of anilines is 1. The van der Waals surface area contributed by atoms with Gasteiger partial charge < -0.3 is 37.2 Å². The molecule has 1 aliphatic heterocycles. The van der Waals surface area contributed by atoms with Gasteiger partial charge in [0.25, 0.3) is 0 Å². The Balaban J connectivity index is -0.000000502. The first-order valence-electron chi connectivity index (χ1n) is 13.0. The number of rotatable bonds is 6. The third-order valence-electron chi connectivity index (χ3n) is 5.50.